The Morgan fingerprint density at radius 1 is 1.23 bits per heavy atom. The van der Waals surface area contributed by atoms with Crippen molar-refractivity contribution in [2.75, 3.05) is 13.2 Å². The molecule has 1 aliphatic heterocycles. The number of nitrogens with one attached hydrogen (secondary N) is 1. The summed E-state index contributed by atoms with van der Waals surface area (Å²) in [5, 5.41) is 7.13. The lowest BCUT2D eigenvalue weighted by Crippen LogP contribution is -2.22. The van der Waals surface area contributed by atoms with Crippen LogP contribution in [0, 0.1) is 0 Å². The number of benzene rings is 1. The zero-order chi connectivity index (χ0) is 15.2. The second-order valence-corrected chi connectivity index (χ2v) is 8.18. The fourth-order valence-corrected chi connectivity index (χ4v) is 4.90. The van der Waals surface area contributed by atoms with Gasteiger partial charge in [-0.05, 0) is 31.4 Å². The molecular formula is C15H17N3O3S. The van der Waals surface area contributed by atoms with Crippen molar-refractivity contribution in [1.82, 2.24) is 15.2 Å². The lowest BCUT2D eigenvalue weighted by atomic mass is 10.1. The van der Waals surface area contributed by atoms with E-state index < -0.39 is 14.6 Å². The molecule has 7 heteroatoms. The molecule has 6 nitrogen and oxygen atoms in total. The molecule has 1 saturated heterocycles. The Morgan fingerprint density at radius 3 is 2.64 bits per heavy atom. The average molecular weight is 319 g/mol. The first kappa shape index (κ1) is 13.9. The third kappa shape index (κ3) is 1.99. The standard InChI is InChI=1S/C15H17N3O3S/c19-22(20,12-4-2-1-3-5-12)15(7-8-15)14-16-13(17-18-14)11-6-9-21-10-11/h1-5,11H,6-10H2,(H,16,17,18). The maximum Gasteiger partial charge on any atom is 0.191 e. The number of hydrogen-bond donors (Lipinski definition) is 1. The smallest absolute Gasteiger partial charge is 0.191 e. The Balaban J connectivity index is 1.70. The Labute approximate surface area is 128 Å². The van der Waals surface area contributed by atoms with Crippen LogP contribution in [-0.2, 0) is 19.3 Å². The monoisotopic (exact) mass is 319 g/mol. The summed E-state index contributed by atoms with van der Waals surface area (Å²) in [5.74, 6) is 1.33. The summed E-state index contributed by atoms with van der Waals surface area (Å²) in [6.07, 6.45) is 2.04. The zero-order valence-corrected chi connectivity index (χ0v) is 12.8. The van der Waals surface area contributed by atoms with Gasteiger partial charge in [-0.15, -0.1) is 0 Å². The lowest BCUT2D eigenvalue weighted by molar-refractivity contribution is 0.193. The molecule has 22 heavy (non-hydrogen) atoms. The van der Waals surface area contributed by atoms with E-state index in [0.29, 0.717) is 36.8 Å². The average Bonchev–Trinajstić information content (AvgIpc) is 2.99. The first-order chi connectivity index (χ1) is 10.6. The minimum absolute atomic E-state index is 0.191. The molecule has 1 atom stereocenters. The summed E-state index contributed by atoms with van der Waals surface area (Å²) in [7, 11) is -3.47. The van der Waals surface area contributed by atoms with Gasteiger partial charge in [0.1, 0.15) is 10.6 Å². The van der Waals surface area contributed by atoms with Gasteiger partial charge >= 0.3 is 0 Å². The van der Waals surface area contributed by atoms with E-state index in [-0.39, 0.29) is 5.92 Å². The van der Waals surface area contributed by atoms with E-state index in [9.17, 15) is 8.42 Å². The Hall–Kier alpha value is -1.73. The predicted octanol–water partition coefficient (Wildman–Crippen LogP) is 1.77. The van der Waals surface area contributed by atoms with Crippen LogP contribution in [0.5, 0.6) is 0 Å². The summed E-state index contributed by atoms with van der Waals surface area (Å²) in [6, 6.07) is 8.55. The van der Waals surface area contributed by atoms with Crippen LogP contribution in [0.4, 0.5) is 0 Å². The fourth-order valence-electron chi connectivity index (χ4n) is 2.96. The second kappa shape index (κ2) is 4.89. The van der Waals surface area contributed by atoms with Crippen LogP contribution in [-0.4, -0.2) is 36.8 Å². The molecule has 1 aromatic carbocycles. The highest BCUT2D eigenvalue weighted by Gasteiger charge is 2.59. The van der Waals surface area contributed by atoms with Crippen molar-refractivity contribution in [3.8, 4) is 0 Å². The van der Waals surface area contributed by atoms with Gasteiger partial charge in [-0.1, -0.05) is 18.2 Å². The van der Waals surface area contributed by atoms with Crippen molar-refractivity contribution in [3.05, 3.63) is 42.0 Å². The molecule has 1 N–H and O–H groups in total. The van der Waals surface area contributed by atoms with Gasteiger partial charge in [-0.2, -0.15) is 5.10 Å². The van der Waals surface area contributed by atoms with E-state index in [0.717, 1.165) is 12.2 Å². The summed E-state index contributed by atoms with van der Waals surface area (Å²) < 4.78 is 30.3. The number of nitrogens with zero attached hydrogens (tertiary/aromatic N) is 2. The quantitative estimate of drug-likeness (QED) is 0.928. The number of aromatic amines is 1. The van der Waals surface area contributed by atoms with Crippen molar-refractivity contribution in [1.29, 1.82) is 0 Å². The van der Waals surface area contributed by atoms with Crippen molar-refractivity contribution < 1.29 is 13.2 Å². The molecule has 2 heterocycles. The maximum absolute atomic E-state index is 12.9. The van der Waals surface area contributed by atoms with Gasteiger partial charge in [-0.25, -0.2) is 13.4 Å². The van der Waals surface area contributed by atoms with E-state index in [1.807, 2.05) is 6.07 Å². The summed E-state index contributed by atoms with van der Waals surface area (Å²) in [6.45, 7) is 1.33. The third-order valence-corrected chi connectivity index (χ3v) is 7.01. The molecule has 2 fully saturated rings. The van der Waals surface area contributed by atoms with E-state index in [1.54, 1.807) is 24.3 Å². The Bertz CT molecular complexity index is 775. The van der Waals surface area contributed by atoms with Gasteiger partial charge in [0.2, 0.25) is 0 Å². The minimum atomic E-state index is -3.47. The fraction of sp³-hybridized carbons (Fsp3) is 0.467. The first-order valence-electron chi connectivity index (χ1n) is 7.44. The molecule has 116 valence electrons. The van der Waals surface area contributed by atoms with Gasteiger partial charge in [0, 0.05) is 12.5 Å². The normalized spacial score (nSPS) is 23.5. The molecule has 0 spiro atoms. The van der Waals surface area contributed by atoms with Crippen LogP contribution in [0.25, 0.3) is 0 Å². The van der Waals surface area contributed by atoms with Crippen LogP contribution in [0.2, 0.25) is 0 Å². The zero-order valence-electron chi connectivity index (χ0n) is 12.0. The van der Waals surface area contributed by atoms with E-state index in [2.05, 4.69) is 15.2 Å². The van der Waals surface area contributed by atoms with Gasteiger partial charge in [0.05, 0.1) is 11.5 Å². The Morgan fingerprint density at radius 2 is 2.00 bits per heavy atom. The number of ether oxygens (including phenoxy) is 1. The first-order valence-corrected chi connectivity index (χ1v) is 8.92. The van der Waals surface area contributed by atoms with Gasteiger partial charge in [-0.3, -0.25) is 5.10 Å². The van der Waals surface area contributed by atoms with Crippen LogP contribution in [0.1, 0.15) is 36.8 Å². The second-order valence-electron chi connectivity index (χ2n) is 5.92. The highest BCUT2D eigenvalue weighted by atomic mass is 32.2. The van der Waals surface area contributed by atoms with Crippen LogP contribution < -0.4 is 0 Å². The van der Waals surface area contributed by atoms with Crippen molar-refractivity contribution in [2.24, 2.45) is 0 Å². The number of H-pyrrole nitrogens is 1. The molecule has 1 saturated carbocycles. The highest BCUT2D eigenvalue weighted by molar-refractivity contribution is 7.92. The molecule has 2 aliphatic rings. The van der Waals surface area contributed by atoms with E-state index in [1.165, 1.54) is 0 Å². The topological polar surface area (TPSA) is 84.9 Å². The molecular weight excluding hydrogens is 302 g/mol. The lowest BCUT2D eigenvalue weighted by Gasteiger charge is -2.12. The maximum atomic E-state index is 12.9. The SMILES string of the molecule is O=S(=O)(c1ccccc1)C1(c2n[nH]c(C3CCOC3)n2)CC1. The highest BCUT2D eigenvalue weighted by Crippen LogP contribution is 2.54. The Kier molecular flexibility index (Phi) is 3.09. The molecule has 0 bridgehead atoms. The molecule has 2 aromatic rings. The molecule has 0 amide bonds. The molecule has 4 rings (SSSR count). The van der Waals surface area contributed by atoms with Crippen molar-refractivity contribution in [3.63, 3.8) is 0 Å². The largest absolute Gasteiger partial charge is 0.381 e. The van der Waals surface area contributed by atoms with Crippen molar-refractivity contribution in [2.45, 2.75) is 34.8 Å². The third-order valence-electron chi connectivity index (χ3n) is 4.50. The number of hydrogen-bond acceptors (Lipinski definition) is 5. The van der Waals surface area contributed by atoms with Gasteiger partial charge in [0.15, 0.2) is 15.7 Å². The van der Waals surface area contributed by atoms with E-state index >= 15 is 0 Å². The molecule has 0 radical (unpaired) electrons. The minimum Gasteiger partial charge on any atom is -0.381 e. The van der Waals surface area contributed by atoms with Crippen LogP contribution >= 0.6 is 0 Å². The summed E-state index contributed by atoms with van der Waals surface area (Å²) in [5.41, 5.74) is 0. The summed E-state index contributed by atoms with van der Waals surface area (Å²) in [4.78, 5) is 4.83. The van der Waals surface area contributed by atoms with Crippen LogP contribution in [0.15, 0.2) is 35.2 Å². The van der Waals surface area contributed by atoms with E-state index in [4.69, 9.17) is 4.74 Å². The molecule has 1 unspecified atom stereocenters. The summed E-state index contributed by atoms with van der Waals surface area (Å²) >= 11 is 0. The van der Waals surface area contributed by atoms with Gasteiger partial charge in [0.25, 0.3) is 0 Å². The predicted molar refractivity (Wildman–Crippen MR) is 79.1 cm³/mol. The number of aromatic nitrogens is 3. The van der Waals surface area contributed by atoms with Gasteiger partial charge < -0.3 is 4.74 Å². The molecule has 1 aromatic heterocycles. The number of sulfone groups is 1. The van der Waals surface area contributed by atoms with Crippen molar-refractivity contribution >= 4 is 9.84 Å². The number of rotatable bonds is 4. The molecule has 1 aliphatic carbocycles. The van der Waals surface area contributed by atoms with Crippen LogP contribution in [0.3, 0.4) is 0 Å².